The third kappa shape index (κ3) is 4.43. The van der Waals surface area contributed by atoms with E-state index in [1.54, 1.807) is 29.7 Å². The van der Waals surface area contributed by atoms with Crippen molar-refractivity contribution in [2.24, 2.45) is 0 Å². The van der Waals surface area contributed by atoms with Crippen LogP contribution in [0.1, 0.15) is 52.9 Å². The van der Waals surface area contributed by atoms with Gasteiger partial charge in [0, 0.05) is 41.6 Å². The van der Waals surface area contributed by atoms with Crippen molar-refractivity contribution in [2.75, 3.05) is 20.0 Å². The van der Waals surface area contributed by atoms with Crippen LogP contribution in [-0.4, -0.2) is 47.3 Å². The third-order valence-corrected chi connectivity index (χ3v) is 8.06. The van der Waals surface area contributed by atoms with Crippen molar-refractivity contribution in [3.05, 3.63) is 76.5 Å². The highest BCUT2D eigenvalue weighted by molar-refractivity contribution is 6.05. The van der Waals surface area contributed by atoms with Gasteiger partial charge in [-0.3, -0.25) is 0 Å². The molecule has 1 aromatic heterocycles. The van der Waals surface area contributed by atoms with E-state index in [9.17, 15) is 19.4 Å². The molecule has 0 radical (unpaired) electrons. The van der Waals surface area contributed by atoms with Gasteiger partial charge in [0.2, 0.25) is 0 Å². The number of methoxy groups -OCH3 is 2. The lowest BCUT2D eigenvalue weighted by Crippen LogP contribution is -2.45. The number of aryl methyl sites for hydroxylation is 1. The molecule has 0 bridgehead atoms. The molecule has 5 rings (SSSR count). The maximum atomic E-state index is 16.4. The highest BCUT2D eigenvalue weighted by Gasteiger charge is 2.46. The molecular weight excluding hydrogens is 532 g/mol. The molecule has 1 heterocycles. The number of nitrogen functional groups attached to an aromatic ring is 1. The van der Waals surface area contributed by atoms with E-state index >= 15 is 4.39 Å². The van der Waals surface area contributed by atoms with Gasteiger partial charge in [0.15, 0.2) is 17.4 Å². The summed E-state index contributed by atoms with van der Waals surface area (Å²) in [5.41, 5.74) is 6.63. The zero-order chi connectivity index (χ0) is 29.6. The number of nitrogens with zero attached hydrogens (tertiary/aromatic N) is 1. The summed E-state index contributed by atoms with van der Waals surface area (Å²) in [5, 5.41) is 30.1. The summed E-state index contributed by atoms with van der Waals surface area (Å²) in [4.78, 5) is 11.8. The number of carboxylic acids is 1. The van der Waals surface area contributed by atoms with Gasteiger partial charge in [-0.2, -0.15) is 0 Å². The second-order valence-corrected chi connectivity index (χ2v) is 10.3. The normalized spacial score (nSPS) is 18.9. The minimum atomic E-state index is -1.63. The first-order valence-electron chi connectivity index (χ1n) is 13.2. The first-order valence-corrected chi connectivity index (χ1v) is 13.2. The molecule has 3 aromatic carbocycles. The van der Waals surface area contributed by atoms with E-state index in [2.05, 4.69) is 0 Å². The fourth-order valence-corrected chi connectivity index (χ4v) is 6.07. The lowest BCUT2D eigenvalue weighted by molar-refractivity contribution is -0.125. The Hall–Kier alpha value is -4.28. The number of aromatic carboxylic acids is 1. The zero-order valence-electron chi connectivity index (χ0n) is 22.9. The largest absolute Gasteiger partial charge is 0.494 e. The molecule has 0 saturated heterocycles. The van der Waals surface area contributed by atoms with Crippen molar-refractivity contribution >= 4 is 28.8 Å². The smallest absolute Gasteiger partial charge is 0.335 e. The Kier molecular flexibility index (Phi) is 7.31. The first kappa shape index (κ1) is 28.3. The number of aliphatic hydroxyl groups is 1. The molecule has 214 valence electrons. The highest BCUT2D eigenvalue weighted by Crippen LogP contribution is 2.50. The quantitative estimate of drug-likeness (QED) is 0.162. The SMILES string of the molecule is COc1cc(-n2c(C3(O)CCCCC3OC)c(-c3ccc(C(=O)O)c(C)c3)c3c(F)c(N)c(C=N)cc32)ccc1F. The van der Waals surface area contributed by atoms with E-state index < -0.39 is 29.3 Å². The van der Waals surface area contributed by atoms with Crippen LogP contribution in [0.15, 0.2) is 42.5 Å². The van der Waals surface area contributed by atoms with Crippen LogP contribution >= 0.6 is 0 Å². The topological polar surface area (TPSA) is 131 Å². The molecule has 10 heteroatoms. The predicted molar refractivity (Wildman–Crippen MR) is 152 cm³/mol. The minimum Gasteiger partial charge on any atom is -0.494 e. The van der Waals surface area contributed by atoms with Crippen LogP contribution in [-0.2, 0) is 10.3 Å². The number of aromatic nitrogens is 1. The van der Waals surface area contributed by atoms with E-state index in [-0.39, 0.29) is 45.6 Å². The van der Waals surface area contributed by atoms with E-state index in [0.29, 0.717) is 35.2 Å². The Morgan fingerprint density at radius 2 is 1.93 bits per heavy atom. The first-order chi connectivity index (χ1) is 19.6. The monoisotopic (exact) mass is 563 g/mol. The molecule has 2 atom stereocenters. The minimum absolute atomic E-state index is 0.0550. The van der Waals surface area contributed by atoms with Gasteiger partial charge in [0.25, 0.3) is 0 Å². The van der Waals surface area contributed by atoms with Crippen molar-refractivity contribution in [1.29, 1.82) is 5.41 Å². The molecule has 0 aliphatic heterocycles. The zero-order valence-corrected chi connectivity index (χ0v) is 22.9. The van der Waals surface area contributed by atoms with Gasteiger partial charge >= 0.3 is 5.97 Å². The van der Waals surface area contributed by atoms with Crippen LogP contribution in [0, 0.1) is 24.0 Å². The van der Waals surface area contributed by atoms with Gasteiger partial charge in [-0.25, -0.2) is 13.6 Å². The summed E-state index contributed by atoms with van der Waals surface area (Å²) in [6.07, 6.45) is 2.58. The molecule has 2 unspecified atom stereocenters. The Bertz CT molecular complexity index is 1700. The van der Waals surface area contributed by atoms with Crippen LogP contribution in [0.25, 0.3) is 27.7 Å². The average molecular weight is 564 g/mol. The summed E-state index contributed by atoms with van der Waals surface area (Å²) < 4.78 is 43.6. The summed E-state index contributed by atoms with van der Waals surface area (Å²) in [6.45, 7) is 1.64. The van der Waals surface area contributed by atoms with E-state index in [4.69, 9.17) is 20.6 Å². The second kappa shape index (κ2) is 10.6. The number of carboxylic acid groups (broad SMARTS) is 1. The standard InChI is InChI=1S/C31H31F2N3O5/c1-16-12-17(7-9-20(16)30(37)38)25-26-22(13-18(15-34)28(35)27(26)33)36(19-8-10-21(32)23(14-19)40-2)29(25)31(39)11-5-4-6-24(31)41-3/h7-10,12-15,24,34,39H,4-6,11,35H2,1-3H3,(H,37,38). The van der Waals surface area contributed by atoms with Crippen molar-refractivity contribution in [3.63, 3.8) is 0 Å². The summed E-state index contributed by atoms with van der Waals surface area (Å²) in [7, 11) is 2.84. The van der Waals surface area contributed by atoms with Gasteiger partial charge in [-0.05, 0) is 61.6 Å². The number of halogens is 2. The number of carbonyl (C=O) groups is 1. The predicted octanol–water partition coefficient (Wildman–Crippen LogP) is 5.95. The van der Waals surface area contributed by atoms with Crippen molar-refractivity contribution in [1.82, 2.24) is 4.57 Å². The molecule has 4 aromatic rings. The number of nitrogens with one attached hydrogen (secondary N) is 1. The van der Waals surface area contributed by atoms with Crippen LogP contribution in [0.5, 0.6) is 5.75 Å². The van der Waals surface area contributed by atoms with Crippen LogP contribution in [0.3, 0.4) is 0 Å². The number of rotatable bonds is 7. The average Bonchev–Trinajstić information content (AvgIpc) is 3.31. The van der Waals surface area contributed by atoms with Crippen molar-refractivity contribution in [3.8, 4) is 22.6 Å². The molecule has 1 aliphatic carbocycles. The van der Waals surface area contributed by atoms with Crippen LogP contribution < -0.4 is 10.5 Å². The maximum Gasteiger partial charge on any atom is 0.335 e. The number of hydrogen-bond acceptors (Lipinski definition) is 6. The molecule has 0 amide bonds. The molecule has 41 heavy (non-hydrogen) atoms. The lowest BCUT2D eigenvalue weighted by Gasteiger charge is -2.40. The molecule has 0 spiro atoms. The number of benzene rings is 3. The number of nitrogens with two attached hydrogens (primary N) is 1. The second-order valence-electron chi connectivity index (χ2n) is 10.3. The third-order valence-electron chi connectivity index (χ3n) is 8.06. The molecule has 8 nitrogen and oxygen atoms in total. The fourth-order valence-electron chi connectivity index (χ4n) is 6.07. The number of anilines is 1. The van der Waals surface area contributed by atoms with Crippen molar-refractivity contribution < 1.29 is 33.3 Å². The van der Waals surface area contributed by atoms with Gasteiger partial charge in [-0.1, -0.05) is 18.6 Å². The fraction of sp³-hybridized carbons (Fsp3) is 0.290. The van der Waals surface area contributed by atoms with Gasteiger partial charge in [-0.15, -0.1) is 0 Å². The number of ether oxygens (including phenoxy) is 2. The van der Waals surface area contributed by atoms with Crippen LogP contribution in [0.4, 0.5) is 14.5 Å². The maximum absolute atomic E-state index is 16.4. The van der Waals surface area contributed by atoms with Crippen LogP contribution in [0.2, 0.25) is 0 Å². The Labute approximate surface area is 235 Å². The Morgan fingerprint density at radius 1 is 1.17 bits per heavy atom. The van der Waals surface area contributed by atoms with Gasteiger partial charge < -0.3 is 35.4 Å². The number of hydrogen-bond donors (Lipinski definition) is 4. The van der Waals surface area contributed by atoms with Crippen molar-refractivity contribution in [2.45, 2.75) is 44.3 Å². The lowest BCUT2D eigenvalue weighted by atomic mass is 9.77. The summed E-state index contributed by atoms with van der Waals surface area (Å²) in [5.74, 6) is -2.55. The summed E-state index contributed by atoms with van der Waals surface area (Å²) in [6, 6.07) is 10.4. The molecule has 1 saturated carbocycles. The Balaban J connectivity index is 2.03. The molecule has 5 N–H and O–H groups in total. The molecule has 1 aliphatic rings. The number of fused-ring (bicyclic) bond motifs is 1. The Morgan fingerprint density at radius 3 is 2.56 bits per heavy atom. The highest BCUT2D eigenvalue weighted by atomic mass is 19.1. The molecule has 1 fully saturated rings. The van der Waals surface area contributed by atoms with E-state index in [1.807, 2.05) is 0 Å². The van der Waals surface area contributed by atoms with E-state index in [0.717, 1.165) is 12.6 Å². The summed E-state index contributed by atoms with van der Waals surface area (Å²) >= 11 is 0. The molecular formula is C31H31F2N3O5. The van der Waals surface area contributed by atoms with E-state index in [1.165, 1.54) is 38.5 Å². The van der Waals surface area contributed by atoms with Gasteiger partial charge in [0.1, 0.15) is 5.60 Å². The van der Waals surface area contributed by atoms with Gasteiger partial charge in [0.05, 0.1) is 35.7 Å².